The van der Waals surface area contributed by atoms with Gasteiger partial charge in [-0.3, -0.25) is 9.59 Å². The average Bonchev–Trinajstić information content (AvgIpc) is 3.10. The first-order valence-electron chi connectivity index (χ1n) is 17.2. The van der Waals surface area contributed by atoms with E-state index in [4.69, 9.17) is 28.4 Å². The first kappa shape index (κ1) is 41.7. The maximum atomic E-state index is 13.3. The summed E-state index contributed by atoms with van der Waals surface area (Å²) in [6.45, 7) is 4.40. The zero-order valence-corrected chi connectivity index (χ0v) is 29.7. The average molecular weight is 729 g/mol. The Labute approximate surface area is 296 Å². The van der Waals surface area contributed by atoms with Gasteiger partial charge in [-0.1, -0.05) is 56.5 Å². The van der Waals surface area contributed by atoms with Gasteiger partial charge in [-0.25, -0.2) is 0 Å². The van der Waals surface area contributed by atoms with E-state index < -0.39 is 42.6 Å². The zero-order valence-electron chi connectivity index (χ0n) is 29.7. The van der Waals surface area contributed by atoms with Gasteiger partial charge in [0.05, 0.1) is 13.2 Å². The minimum absolute atomic E-state index is 0.0323. The molecule has 3 unspecified atom stereocenters. The second-order valence-electron chi connectivity index (χ2n) is 12.8. The predicted octanol–water partition coefficient (Wildman–Crippen LogP) is 9.10. The molecule has 0 aromatic heterocycles. The Balaban J connectivity index is 1.58. The summed E-state index contributed by atoms with van der Waals surface area (Å²) >= 11 is 0. The van der Waals surface area contributed by atoms with E-state index in [1.54, 1.807) is 14.2 Å². The Hall–Kier alpha value is -3.71. The van der Waals surface area contributed by atoms with E-state index in [-0.39, 0.29) is 37.9 Å². The van der Waals surface area contributed by atoms with Crippen molar-refractivity contribution in [1.29, 1.82) is 0 Å². The van der Waals surface area contributed by atoms with Gasteiger partial charge in [0.2, 0.25) is 0 Å². The summed E-state index contributed by atoms with van der Waals surface area (Å²) in [5.41, 5.74) is 1.80. The molecule has 0 amide bonds. The Bertz CT molecular complexity index is 1410. The molecule has 3 atom stereocenters. The number of alkyl halides is 5. The van der Waals surface area contributed by atoms with Crippen molar-refractivity contribution in [1.82, 2.24) is 0 Å². The number of ketones is 1. The van der Waals surface area contributed by atoms with Crippen molar-refractivity contribution >= 4 is 11.8 Å². The highest BCUT2D eigenvalue weighted by Crippen LogP contribution is 2.49. The number of halogens is 5. The second-order valence-corrected chi connectivity index (χ2v) is 12.8. The van der Waals surface area contributed by atoms with E-state index in [2.05, 4.69) is 19.1 Å². The molecule has 0 bridgehead atoms. The summed E-state index contributed by atoms with van der Waals surface area (Å²) in [4.78, 5) is 24.8. The quantitative estimate of drug-likeness (QED) is 0.0296. The lowest BCUT2D eigenvalue weighted by atomic mass is 9.66. The molecule has 0 saturated carbocycles. The Morgan fingerprint density at radius 2 is 1.57 bits per heavy atom. The number of carbonyl (C=O) groups is 2. The number of fused-ring (bicyclic) bond motifs is 1. The molecular formula is C38H49F5O8. The first-order chi connectivity index (χ1) is 24.3. The van der Waals surface area contributed by atoms with Gasteiger partial charge in [0.1, 0.15) is 28.9 Å². The largest absolute Gasteiger partial charge is 0.492 e. The molecule has 284 valence electrons. The predicted molar refractivity (Wildman–Crippen MR) is 180 cm³/mol. The fourth-order valence-electron chi connectivity index (χ4n) is 6.11. The molecule has 3 rings (SSSR count). The molecule has 0 spiro atoms. The number of methoxy groups -OCH3 is 2. The van der Waals surface area contributed by atoms with E-state index in [1.165, 1.54) is 6.92 Å². The monoisotopic (exact) mass is 728 g/mol. The van der Waals surface area contributed by atoms with Crippen molar-refractivity contribution in [3.63, 3.8) is 0 Å². The highest BCUT2D eigenvalue weighted by atomic mass is 19.4. The lowest BCUT2D eigenvalue weighted by molar-refractivity contribution is -0.284. The van der Waals surface area contributed by atoms with Gasteiger partial charge in [0.25, 0.3) is 0 Å². The van der Waals surface area contributed by atoms with Gasteiger partial charge in [-0.05, 0) is 61.9 Å². The third kappa shape index (κ3) is 11.9. The number of unbranched alkanes of at least 4 members (excludes halogenated alkanes) is 4. The molecule has 0 radical (unpaired) electrons. The fourth-order valence-corrected chi connectivity index (χ4v) is 6.11. The third-order valence-electron chi connectivity index (χ3n) is 9.07. The van der Waals surface area contributed by atoms with Crippen LogP contribution in [0.4, 0.5) is 22.0 Å². The van der Waals surface area contributed by atoms with E-state index in [1.807, 2.05) is 42.5 Å². The van der Waals surface area contributed by atoms with Gasteiger partial charge >= 0.3 is 18.1 Å². The molecule has 0 N–H and O–H groups in total. The van der Waals surface area contributed by atoms with Crippen molar-refractivity contribution in [2.45, 2.75) is 95.1 Å². The van der Waals surface area contributed by atoms with E-state index in [9.17, 15) is 31.5 Å². The molecule has 8 nitrogen and oxygen atoms in total. The fraction of sp³-hybridized carbons (Fsp3) is 0.579. The summed E-state index contributed by atoms with van der Waals surface area (Å²) in [5.74, 6) is -6.04. The van der Waals surface area contributed by atoms with E-state index in [0.29, 0.717) is 30.9 Å². The third-order valence-corrected chi connectivity index (χ3v) is 9.07. The number of rotatable bonds is 22. The maximum absolute atomic E-state index is 13.3. The van der Waals surface area contributed by atoms with Gasteiger partial charge in [0, 0.05) is 44.5 Å². The molecule has 0 fully saturated rings. The summed E-state index contributed by atoms with van der Waals surface area (Å²) in [6.07, 6.45) is 0.0150. The Kier molecular flexibility index (Phi) is 16.2. The number of hydrogen-bond donors (Lipinski definition) is 0. The van der Waals surface area contributed by atoms with Crippen molar-refractivity contribution in [3.05, 3.63) is 65.7 Å². The van der Waals surface area contributed by atoms with Crippen LogP contribution < -0.4 is 14.2 Å². The second kappa shape index (κ2) is 19.8. The highest BCUT2D eigenvalue weighted by molar-refractivity contribution is 5.99. The number of hydrogen-bond acceptors (Lipinski definition) is 8. The normalized spacial score (nSPS) is 18.2. The van der Waals surface area contributed by atoms with Crippen LogP contribution in [0, 0.1) is 5.92 Å². The maximum Gasteiger partial charge on any atom is 0.453 e. The van der Waals surface area contributed by atoms with E-state index >= 15 is 0 Å². The molecular weight excluding hydrogens is 679 g/mol. The van der Waals surface area contributed by atoms with Crippen molar-refractivity contribution in [2.75, 3.05) is 41.0 Å². The van der Waals surface area contributed by atoms with Crippen LogP contribution in [0.3, 0.4) is 0 Å². The van der Waals surface area contributed by atoms with Crippen LogP contribution in [0.2, 0.25) is 0 Å². The number of benzene rings is 2. The Morgan fingerprint density at radius 3 is 2.22 bits per heavy atom. The molecule has 1 heterocycles. The van der Waals surface area contributed by atoms with Gasteiger partial charge in [0.15, 0.2) is 13.6 Å². The summed E-state index contributed by atoms with van der Waals surface area (Å²) in [5, 5.41) is 0. The lowest BCUT2D eigenvalue weighted by Gasteiger charge is -2.42. The van der Waals surface area contributed by atoms with Crippen LogP contribution in [0.5, 0.6) is 17.2 Å². The Morgan fingerprint density at radius 1 is 0.922 bits per heavy atom. The van der Waals surface area contributed by atoms with Crippen LogP contribution in [-0.4, -0.2) is 64.9 Å². The zero-order chi connectivity index (χ0) is 37.5. The van der Waals surface area contributed by atoms with Crippen LogP contribution in [0.15, 0.2) is 54.6 Å². The van der Waals surface area contributed by atoms with Crippen molar-refractivity contribution in [3.8, 4) is 17.2 Å². The number of ether oxygens (including phenoxy) is 6. The number of carbonyl (C=O) groups excluding carboxylic acids is 2. The van der Waals surface area contributed by atoms with Crippen LogP contribution in [-0.2, 0) is 29.2 Å². The summed E-state index contributed by atoms with van der Waals surface area (Å²) < 4.78 is 96.7. The topological polar surface area (TPSA) is 89.5 Å². The SMILES string of the molecule is CCOC(=O)C(CCCCCC/C=C/CC1c2ccc(OCOC)cc2OCC1(C)c1ccc(OCOC)cc1)C(=O)CCC(F)(F)C(F)(F)F. The van der Waals surface area contributed by atoms with Gasteiger partial charge in [-0.2, -0.15) is 22.0 Å². The molecule has 0 aliphatic carbocycles. The molecule has 1 aliphatic rings. The van der Waals surface area contributed by atoms with E-state index in [0.717, 1.165) is 42.6 Å². The standard InChI is InChI=1S/C38H49F5O8/c1-5-48-35(45)31(33(44)21-22-37(39,40)38(41,42)43)13-11-9-7-6-8-10-12-14-32-30-20-19-29(51-26-47-4)23-34(30)49-24-36(32,2)27-15-17-28(18-16-27)50-25-46-3/h10,12,15-20,23,31-32H,5-9,11,13-14,21-22,24-26H2,1-4H3/b12-10+. The summed E-state index contributed by atoms with van der Waals surface area (Å²) in [6, 6.07) is 13.7. The van der Waals surface area contributed by atoms with Crippen LogP contribution >= 0.6 is 0 Å². The number of allylic oxidation sites excluding steroid dienone is 2. The minimum atomic E-state index is -5.76. The lowest BCUT2D eigenvalue weighted by Crippen LogP contribution is -2.40. The molecule has 2 aromatic rings. The molecule has 0 saturated heterocycles. The van der Waals surface area contributed by atoms with Crippen LogP contribution in [0.25, 0.3) is 0 Å². The first-order valence-corrected chi connectivity index (χ1v) is 17.2. The molecule has 51 heavy (non-hydrogen) atoms. The van der Waals surface area contributed by atoms with Crippen LogP contribution in [0.1, 0.15) is 88.7 Å². The summed E-state index contributed by atoms with van der Waals surface area (Å²) in [7, 11) is 3.12. The van der Waals surface area contributed by atoms with Crippen molar-refractivity contribution < 1.29 is 60.0 Å². The van der Waals surface area contributed by atoms with Crippen molar-refractivity contribution in [2.24, 2.45) is 5.92 Å². The highest BCUT2D eigenvalue weighted by Gasteiger charge is 2.57. The minimum Gasteiger partial charge on any atom is -0.492 e. The molecule has 13 heteroatoms. The van der Waals surface area contributed by atoms with Gasteiger partial charge in [-0.15, -0.1) is 0 Å². The molecule has 2 aromatic carbocycles. The molecule has 1 aliphatic heterocycles. The van der Waals surface area contributed by atoms with Gasteiger partial charge < -0.3 is 28.4 Å². The number of esters is 1. The smallest absolute Gasteiger partial charge is 0.453 e. The number of Topliss-reactive ketones (excluding diaryl/α,β-unsaturated/α-hetero) is 1.